The van der Waals surface area contributed by atoms with Crippen molar-refractivity contribution >= 4 is 42.8 Å². The van der Waals surface area contributed by atoms with Gasteiger partial charge in [0.2, 0.25) is 10.0 Å². The normalized spacial score (nSPS) is 13.6. The lowest BCUT2D eigenvalue weighted by molar-refractivity contribution is 0.562. The van der Waals surface area contributed by atoms with Crippen molar-refractivity contribution in [3.05, 3.63) is 52.7 Å². The molecule has 0 aliphatic heterocycles. The van der Waals surface area contributed by atoms with Gasteiger partial charge in [-0.15, -0.1) is 22.7 Å². The summed E-state index contributed by atoms with van der Waals surface area (Å²) in [5.74, 6) is 0. The van der Waals surface area contributed by atoms with Crippen molar-refractivity contribution < 1.29 is 8.42 Å². The van der Waals surface area contributed by atoms with E-state index in [0.717, 1.165) is 0 Å². The van der Waals surface area contributed by atoms with Crippen LogP contribution >= 0.6 is 22.7 Å². The second kappa shape index (κ2) is 5.88. The van der Waals surface area contributed by atoms with Gasteiger partial charge in [0, 0.05) is 10.7 Å². The van der Waals surface area contributed by atoms with Crippen LogP contribution in [0.25, 0.3) is 10.1 Å². The monoisotopic (exact) mass is 337 g/mol. The number of hydrogen-bond donors (Lipinski definition) is 1. The first-order valence-electron chi connectivity index (χ1n) is 6.57. The largest absolute Gasteiger partial charge is 0.250 e. The Hall–Kier alpha value is -1.21. The van der Waals surface area contributed by atoms with Crippen molar-refractivity contribution in [1.82, 2.24) is 4.72 Å². The second-order valence-corrected chi connectivity index (χ2v) is 8.72. The van der Waals surface area contributed by atoms with E-state index < -0.39 is 10.0 Å². The van der Waals surface area contributed by atoms with Gasteiger partial charge in [-0.3, -0.25) is 0 Å². The molecule has 3 rings (SSSR count). The molecule has 110 valence electrons. The minimum atomic E-state index is -3.40. The lowest BCUT2D eigenvalue weighted by Crippen LogP contribution is -2.33. The number of rotatable bonds is 5. The zero-order valence-electron chi connectivity index (χ0n) is 11.4. The van der Waals surface area contributed by atoms with Gasteiger partial charge in [0.1, 0.15) is 4.21 Å². The van der Waals surface area contributed by atoms with Crippen LogP contribution in [0.1, 0.15) is 12.5 Å². The van der Waals surface area contributed by atoms with Crippen molar-refractivity contribution in [3.63, 3.8) is 0 Å². The summed E-state index contributed by atoms with van der Waals surface area (Å²) in [4.78, 5) is 0. The summed E-state index contributed by atoms with van der Waals surface area (Å²) in [5.41, 5.74) is 1.19. The third-order valence-electron chi connectivity index (χ3n) is 3.20. The molecule has 1 aromatic carbocycles. The van der Waals surface area contributed by atoms with E-state index >= 15 is 0 Å². The molecule has 21 heavy (non-hydrogen) atoms. The third kappa shape index (κ3) is 3.18. The molecule has 6 heteroatoms. The first-order valence-corrected chi connectivity index (χ1v) is 9.81. The molecule has 2 heterocycles. The van der Waals surface area contributed by atoms with Crippen LogP contribution in [0, 0.1) is 0 Å². The molecular weight excluding hydrogens is 322 g/mol. The van der Waals surface area contributed by atoms with Crippen molar-refractivity contribution in [1.29, 1.82) is 0 Å². The van der Waals surface area contributed by atoms with E-state index in [9.17, 15) is 8.42 Å². The summed E-state index contributed by atoms with van der Waals surface area (Å²) in [6, 6.07) is 11.4. The van der Waals surface area contributed by atoms with Gasteiger partial charge in [-0.05, 0) is 47.2 Å². The fourth-order valence-corrected chi connectivity index (χ4v) is 5.53. The van der Waals surface area contributed by atoms with Crippen LogP contribution in [0.4, 0.5) is 0 Å². The van der Waals surface area contributed by atoms with Gasteiger partial charge >= 0.3 is 0 Å². The Kier molecular flexibility index (Phi) is 4.12. The highest BCUT2D eigenvalue weighted by atomic mass is 32.2. The summed E-state index contributed by atoms with van der Waals surface area (Å²) < 4.78 is 28.7. The van der Waals surface area contributed by atoms with Gasteiger partial charge in [-0.2, -0.15) is 0 Å². The zero-order chi connectivity index (χ0) is 14.9. The van der Waals surface area contributed by atoms with E-state index in [4.69, 9.17) is 0 Å². The third-order valence-corrected chi connectivity index (χ3v) is 7.20. The van der Waals surface area contributed by atoms with Gasteiger partial charge in [-0.1, -0.05) is 24.3 Å². The minimum absolute atomic E-state index is 0.143. The molecule has 0 saturated heterocycles. The fraction of sp³-hybridized carbons (Fsp3) is 0.200. The number of hydrogen-bond acceptors (Lipinski definition) is 4. The van der Waals surface area contributed by atoms with Crippen LogP contribution < -0.4 is 4.72 Å². The van der Waals surface area contributed by atoms with E-state index in [1.807, 2.05) is 19.1 Å². The van der Waals surface area contributed by atoms with Crippen LogP contribution in [0.5, 0.6) is 0 Å². The molecule has 3 nitrogen and oxygen atoms in total. The average Bonchev–Trinajstić information content (AvgIpc) is 3.08. The summed E-state index contributed by atoms with van der Waals surface area (Å²) in [6.07, 6.45) is 0.689. The highest BCUT2D eigenvalue weighted by Crippen LogP contribution is 2.27. The number of thiophene rings is 2. The number of fused-ring (bicyclic) bond motifs is 1. The zero-order valence-corrected chi connectivity index (χ0v) is 13.9. The number of benzene rings is 1. The van der Waals surface area contributed by atoms with Gasteiger partial charge in [-0.25, -0.2) is 13.1 Å². The Morgan fingerprint density at radius 2 is 1.95 bits per heavy atom. The summed E-state index contributed by atoms with van der Waals surface area (Å²) >= 11 is 2.93. The SMILES string of the molecule is C[C@@H](Cc1csc2ccccc12)NS(=O)(=O)c1cccs1. The van der Waals surface area contributed by atoms with Crippen molar-refractivity contribution in [2.45, 2.75) is 23.6 Å². The smallest absolute Gasteiger partial charge is 0.207 e. The first kappa shape index (κ1) is 14.7. The van der Waals surface area contributed by atoms with E-state index in [0.29, 0.717) is 10.6 Å². The molecule has 0 aliphatic carbocycles. The average molecular weight is 337 g/mol. The molecule has 1 atom stereocenters. The van der Waals surface area contributed by atoms with Gasteiger partial charge in [0.05, 0.1) is 0 Å². The molecule has 1 N–H and O–H groups in total. The Morgan fingerprint density at radius 3 is 2.71 bits per heavy atom. The van der Waals surface area contributed by atoms with Crippen molar-refractivity contribution in [2.24, 2.45) is 0 Å². The van der Waals surface area contributed by atoms with E-state index in [1.54, 1.807) is 28.8 Å². The Morgan fingerprint density at radius 1 is 1.14 bits per heavy atom. The predicted octanol–water partition coefficient (Wildman–Crippen LogP) is 3.87. The Bertz CT molecular complexity index is 835. The maximum Gasteiger partial charge on any atom is 0.250 e. The maximum absolute atomic E-state index is 12.2. The number of sulfonamides is 1. The lowest BCUT2D eigenvalue weighted by atomic mass is 10.1. The van der Waals surface area contributed by atoms with Crippen LogP contribution in [0.3, 0.4) is 0 Å². The topological polar surface area (TPSA) is 46.2 Å². The molecule has 0 aliphatic rings. The van der Waals surface area contributed by atoms with Crippen molar-refractivity contribution in [2.75, 3.05) is 0 Å². The molecule has 0 bridgehead atoms. The minimum Gasteiger partial charge on any atom is -0.207 e. The highest BCUT2D eigenvalue weighted by Gasteiger charge is 2.19. The molecule has 0 unspecified atom stereocenters. The summed E-state index contributed by atoms with van der Waals surface area (Å²) in [7, 11) is -3.40. The molecule has 0 spiro atoms. The molecule has 0 radical (unpaired) electrons. The van der Waals surface area contributed by atoms with Gasteiger partial charge in [0.15, 0.2) is 0 Å². The quantitative estimate of drug-likeness (QED) is 0.768. The Balaban J connectivity index is 1.76. The van der Waals surface area contributed by atoms with Crippen LogP contribution in [0.2, 0.25) is 0 Å². The lowest BCUT2D eigenvalue weighted by Gasteiger charge is -2.13. The molecule has 0 saturated carbocycles. The van der Waals surface area contributed by atoms with E-state index in [1.165, 1.54) is 27.0 Å². The predicted molar refractivity (Wildman–Crippen MR) is 89.6 cm³/mol. The molecular formula is C15H15NO2S3. The van der Waals surface area contributed by atoms with Crippen LogP contribution in [-0.2, 0) is 16.4 Å². The van der Waals surface area contributed by atoms with Gasteiger partial charge in [0.25, 0.3) is 0 Å². The molecule has 3 aromatic rings. The van der Waals surface area contributed by atoms with E-state index in [2.05, 4.69) is 22.2 Å². The first-order chi connectivity index (χ1) is 10.1. The second-order valence-electron chi connectivity index (χ2n) is 4.92. The maximum atomic E-state index is 12.2. The standard InChI is InChI=1S/C15H15NO2S3/c1-11(16-21(17,18)15-7-4-8-19-15)9-12-10-20-14-6-3-2-5-13(12)14/h2-8,10-11,16H,9H2,1H3/t11-/m0/s1. The van der Waals surface area contributed by atoms with E-state index in [-0.39, 0.29) is 6.04 Å². The molecule has 0 fully saturated rings. The van der Waals surface area contributed by atoms with Crippen LogP contribution in [0.15, 0.2) is 51.4 Å². The summed E-state index contributed by atoms with van der Waals surface area (Å²) in [5, 5.41) is 5.09. The molecule has 2 aromatic heterocycles. The molecule has 0 amide bonds. The number of nitrogens with one attached hydrogen (secondary N) is 1. The highest BCUT2D eigenvalue weighted by molar-refractivity contribution is 7.91. The van der Waals surface area contributed by atoms with Crippen LogP contribution in [-0.4, -0.2) is 14.5 Å². The fourth-order valence-electron chi connectivity index (χ4n) is 2.30. The summed E-state index contributed by atoms with van der Waals surface area (Å²) in [6.45, 7) is 1.90. The Labute approximate surface area is 132 Å². The van der Waals surface area contributed by atoms with Crippen molar-refractivity contribution in [3.8, 4) is 0 Å². The van der Waals surface area contributed by atoms with Gasteiger partial charge < -0.3 is 0 Å².